The second kappa shape index (κ2) is 8.11. The smallest absolute Gasteiger partial charge is 0.0453 e. The molecule has 0 aliphatic rings. The highest BCUT2D eigenvalue weighted by atomic mass is 28.2. The van der Waals surface area contributed by atoms with E-state index in [1.54, 1.807) is 0 Å². The lowest BCUT2D eigenvalue weighted by Crippen LogP contribution is -2.37. The van der Waals surface area contributed by atoms with Crippen LogP contribution < -0.4 is 0 Å². The van der Waals surface area contributed by atoms with E-state index in [9.17, 15) is 0 Å². The van der Waals surface area contributed by atoms with E-state index in [0.29, 0.717) is 12.1 Å². The van der Waals surface area contributed by atoms with Crippen LogP contribution in [0.5, 0.6) is 0 Å². The lowest BCUT2D eigenvalue weighted by atomic mass is 10.2. The van der Waals surface area contributed by atoms with Crippen molar-refractivity contribution >= 4 is 9.52 Å². The summed E-state index contributed by atoms with van der Waals surface area (Å²) in [5.41, 5.74) is 3.99. The molecule has 2 heteroatoms. The molecule has 0 bridgehead atoms. The number of hydrogen-bond donors (Lipinski definition) is 0. The molecule has 0 atom stereocenters. The van der Waals surface area contributed by atoms with Gasteiger partial charge in [-0.15, -0.1) is 5.70 Å². The van der Waals surface area contributed by atoms with Gasteiger partial charge in [-0.25, -0.2) is 0 Å². The SMILES string of the molecule is CC(C)=C[SiH2]CCCN(C(C)C)C(C)C. The fourth-order valence-corrected chi connectivity index (χ4v) is 3.24. The summed E-state index contributed by atoms with van der Waals surface area (Å²) in [6, 6.07) is 2.84. The van der Waals surface area contributed by atoms with E-state index in [2.05, 4.69) is 52.1 Å². The Morgan fingerprint density at radius 3 is 2.07 bits per heavy atom. The second-order valence-corrected chi connectivity index (χ2v) is 6.90. The minimum Gasteiger partial charge on any atom is -0.299 e. The Hall–Kier alpha value is -0.0831. The van der Waals surface area contributed by atoms with Crippen LogP contribution in [0.3, 0.4) is 0 Å². The summed E-state index contributed by atoms with van der Waals surface area (Å²) in [5, 5.41) is 0. The summed E-state index contributed by atoms with van der Waals surface area (Å²) >= 11 is 0. The molecule has 0 fully saturated rings. The molecule has 0 aromatic carbocycles. The highest BCUT2D eigenvalue weighted by Gasteiger charge is 2.11. The molecule has 0 unspecified atom stereocenters. The normalized spacial score (nSPS) is 12.3. The van der Waals surface area contributed by atoms with Crippen LogP contribution in [-0.4, -0.2) is 33.0 Å². The molecule has 0 spiro atoms. The summed E-state index contributed by atoms with van der Waals surface area (Å²) in [4.78, 5) is 2.59. The molecule has 0 aliphatic heterocycles. The Morgan fingerprint density at radius 1 is 1.13 bits per heavy atom. The van der Waals surface area contributed by atoms with Gasteiger partial charge in [0.2, 0.25) is 0 Å². The first-order chi connectivity index (χ1) is 6.95. The van der Waals surface area contributed by atoms with E-state index in [-0.39, 0.29) is 9.52 Å². The van der Waals surface area contributed by atoms with E-state index in [1.807, 2.05) is 0 Å². The molecule has 0 aromatic rings. The third-order valence-electron chi connectivity index (χ3n) is 2.75. The largest absolute Gasteiger partial charge is 0.299 e. The van der Waals surface area contributed by atoms with Crippen LogP contribution in [0.4, 0.5) is 0 Å². The molecule has 15 heavy (non-hydrogen) atoms. The van der Waals surface area contributed by atoms with Gasteiger partial charge in [0.15, 0.2) is 0 Å². The standard InChI is InChI=1S/C13H29NSi/c1-11(2)10-15-9-7-8-14(12(3)4)13(5)6/h10,12-13H,7-9,15H2,1-6H3. The van der Waals surface area contributed by atoms with Gasteiger partial charge in [-0.05, 0) is 54.5 Å². The van der Waals surface area contributed by atoms with Crippen molar-refractivity contribution in [3.63, 3.8) is 0 Å². The number of nitrogens with zero attached hydrogens (tertiary/aromatic N) is 1. The summed E-state index contributed by atoms with van der Waals surface area (Å²) in [7, 11) is 0.0830. The Balaban J connectivity index is 3.68. The average molecular weight is 227 g/mol. The first kappa shape index (κ1) is 14.9. The first-order valence-electron chi connectivity index (χ1n) is 6.34. The van der Waals surface area contributed by atoms with Crippen molar-refractivity contribution < 1.29 is 0 Å². The predicted molar refractivity (Wildman–Crippen MR) is 74.4 cm³/mol. The van der Waals surface area contributed by atoms with Crippen molar-refractivity contribution in [2.75, 3.05) is 6.54 Å². The zero-order valence-electron chi connectivity index (χ0n) is 11.5. The van der Waals surface area contributed by atoms with Crippen LogP contribution in [0, 0.1) is 0 Å². The Labute approximate surface area is 98.8 Å². The zero-order valence-corrected chi connectivity index (χ0v) is 12.9. The number of rotatable bonds is 7. The highest BCUT2D eigenvalue weighted by Crippen LogP contribution is 2.07. The molecular weight excluding hydrogens is 198 g/mol. The van der Waals surface area contributed by atoms with Crippen molar-refractivity contribution in [1.82, 2.24) is 4.90 Å². The lowest BCUT2D eigenvalue weighted by Gasteiger charge is -2.30. The molecule has 90 valence electrons. The molecule has 0 saturated heterocycles. The maximum Gasteiger partial charge on any atom is 0.0453 e. The van der Waals surface area contributed by atoms with E-state index >= 15 is 0 Å². The van der Waals surface area contributed by atoms with Gasteiger partial charge in [0.05, 0.1) is 0 Å². The molecule has 1 nitrogen and oxygen atoms in total. The molecule has 0 radical (unpaired) electrons. The summed E-state index contributed by atoms with van der Waals surface area (Å²) in [5.74, 6) is 0. The first-order valence-corrected chi connectivity index (χ1v) is 8.16. The summed E-state index contributed by atoms with van der Waals surface area (Å²) < 4.78 is 0. The van der Waals surface area contributed by atoms with Crippen LogP contribution in [0.1, 0.15) is 48.0 Å². The van der Waals surface area contributed by atoms with E-state index in [1.165, 1.54) is 24.6 Å². The van der Waals surface area contributed by atoms with Gasteiger partial charge in [0, 0.05) is 21.6 Å². The number of allylic oxidation sites excluding steroid dienone is 1. The van der Waals surface area contributed by atoms with Gasteiger partial charge >= 0.3 is 0 Å². The zero-order chi connectivity index (χ0) is 11.8. The molecule has 0 amide bonds. The van der Waals surface area contributed by atoms with Crippen LogP contribution in [0.15, 0.2) is 11.3 Å². The van der Waals surface area contributed by atoms with Crippen molar-refractivity contribution in [3.8, 4) is 0 Å². The molecule has 0 heterocycles. The van der Waals surface area contributed by atoms with E-state index in [0.717, 1.165) is 0 Å². The minimum atomic E-state index is 0.0830. The summed E-state index contributed by atoms with van der Waals surface area (Å²) in [6.45, 7) is 14.9. The molecular formula is C13H29NSi. The monoisotopic (exact) mass is 227 g/mol. The third kappa shape index (κ3) is 7.80. The molecule has 0 aliphatic carbocycles. The van der Waals surface area contributed by atoms with Crippen LogP contribution in [0.2, 0.25) is 6.04 Å². The molecule has 0 rings (SSSR count). The van der Waals surface area contributed by atoms with Gasteiger partial charge in [0.25, 0.3) is 0 Å². The minimum absolute atomic E-state index is 0.0830. The van der Waals surface area contributed by atoms with Crippen molar-refractivity contribution in [1.29, 1.82) is 0 Å². The highest BCUT2D eigenvalue weighted by molar-refractivity contribution is 6.42. The van der Waals surface area contributed by atoms with E-state index in [4.69, 9.17) is 0 Å². The fraction of sp³-hybridized carbons (Fsp3) is 0.846. The topological polar surface area (TPSA) is 3.24 Å². The van der Waals surface area contributed by atoms with Crippen molar-refractivity contribution in [2.45, 2.75) is 66.1 Å². The number of hydrogen-bond acceptors (Lipinski definition) is 1. The molecule has 0 aromatic heterocycles. The second-order valence-electron chi connectivity index (χ2n) is 5.20. The van der Waals surface area contributed by atoms with Gasteiger partial charge in [-0.2, -0.15) is 0 Å². The molecule has 0 N–H and O–H groups in total. The van der Waals surface area contributed by atoms with Crippen LogP contribution >= 0.6 is 0 Å². The third-order valence-corrected chi connectivity index (χ3v) is 4.76. The van der Waals surface area contributed by atoms with Gasteiger partial charge < -0.3 is 0 Å². The summed E-state index contributed by atoms with van der Waals surface area (Å²) in [6.07, 6.45) is 1.38. The average Bonchev–Trinajstić information content (AvgIpc) is 2.08. The Bertz CT molecular complexity index is 173. The van der Waals surface area contributed by atoms with Crippen LogP contribution in [-0.2, 0) is 0 Å². The lowest BCUT2D eigenvalue weighted by molar-refractivity contribution is 0.175. The quantitative estimate of drug-likeness (QED) is 0.477. The van der Waals surface area contributed by atoms with E-state index < -0.39 is 0 Å². The predicted octanol–water partition coefficient (Wildman–Crippen LogP) is 3.01. The van der Waals surface area contributed by atoms with Crippen LogP contribution in [0.25, 0.3) is 0 Å². The van der Waals surface area contributed by atoms with Crippen molar-refractivity contribution in [3.05, 3.63) is 11.3 Å². The fourth-order valence-electron chi connectivity index (χ4n) is 1.94. The Kier molecular flexibility index (Phi) is 8.07. The maximum atomic E-state index is 2.59. The van der Waals surface area contributed by atoms with Crippen molar-refractivity contribution in [2.24, 2.45) is 0 Å². The van der Waals surface area contributed by atoms with Gasteiger partial charge in [-0.3, -0.25) is 4.90 Å². The van der Waals surface area contributed by atoms with Gasteiger partial charge in [0.1, 0.15) is 0 Å². The Morgan fingerprint density at radius 2 is 1.67 bits per heavy atom. The molecule has 0 saturated carbocycles. The maximum absolute atomic E-state index is 2.59. The van der Waals surface area contributed by atoms with Gasteiger partial charge in [-0.1, -0.05) is 11.6 Å².